The SMILES string of the molecule is CC(C)CC(Nc1ncc(C(F)(F)F)cc1Cl)C(=O)O. The van der Waals surface area contributed by atoms with Crippen molar-refractivity contribution in [2.45, 2.75) is 32.5 Å². The Balaban J connectivity index is 2.94. The minimum absolute atomic E-state index is 0.0762. The van der Waals surface area contributed by atoms with Gasteiger partial charge in [-0.2, -0.15) is 13.2 Å². The molecule has 1 rings (SSSR count). The highest BCUT2D eigenvalue weighted by atomic mass is 35.5. The number of pyridine rings is 1. The van der Waals surface area contributed by atoms with Crippen LogP contribution in [-0.2, 0) is 11.0 Å². The fraction of sp³-hybridized carbons (Fsp3) is 0.500. The maximum Gasteiger partial charge on any atom is 0.417 e. The maximum absolute atomic E-state index is 12.4. The molecule has 1 atom stereocenters. The Kier molecular flexibility index (Phi) is 5.21. The molecule has 0 radical (unpaired) electrons. The molecule has 1 aromatic heterocycles. The molecule has 0 amide bonds. The predicted octanol–water partition coefficient (Wildman–Crippen LogP) is 3.67. The third-order valence-corrected chi connectivity index (χ3v) is 2.77. The smallest absolute Gasteiger partial charge is 0.417 e. The van der Waals surface area contributed by atoms with Gasteiger partial charge in [0.2, 0.25) is 0 Å². The second-order valence-corrected chi connectivity index (χ2v) is 5.12. The number of aliphatic carboxylic acids is 1. The summed E-state index contributed by atoms with van der Waals surface area (Å²) in [5, 5.41) is 11.3. The van der Waals surface area contributed by atoms with Gasteiger partial charge in [-0.25, -0.2) is 9.78 Å². The quantitative estimate of drug-likeness (QED) is 0.871. The van der Waals surface area contributed by atoms with Gasteiger partial charge in [0, 0.05) is 6.20 Å². The van der Waals surface area contributed by atoms with E-state index >= 15 is 0 Å². The first-order valence-corrected chi connectivity index (χ1v) is 6.21. The Morgan fingerprint density at radius 2 is 2.10 bits per heavy atom. The zero-order valence-corrected chi connectivity index (χ0v) is 11.6. The number of hydrogen-bond donors (Lipinski definition) is 2. The molecule has 112 valence electrons. The van der Waals surface area contributed by atoms with Crippen LogP contribution in [0.2, 0.25) is 5.02 Å². The molecule has 0 aromatic carbocycles. The summed E-state index contributed by atoms with van der Waals surface area (Å²) in [5.74, 6) is -1.10. The van der Waals surface area contributed by atoms with Crippen LogP contribution in [-0.4, -0.2) is 22.1 Å². The van der Waals surface area contributed by atoms with Gasteiger partial charge in [-0.15, -0.1) is 0 Å². The number of carboxylic acids is 1. The highest BCUT2D eigenvalue weighted by Gasteiger charge is 2.32. The number of carboxylic acid groups (broad SMARTS) is 1. The summed E-state index contributed by atoms with van der Waals surface area (Å²) >= 11 is 5.70. The van der Waals surface area contributed by atoms with Crippen LogP contribution in [0.5, 0.6) is 0 Å². The highest BCUT2D eigenvalue weighted by Crippen LogP contribution is 2.32. The van der Waals surface area contributed by atoms with E-state index in [1.807, 2.05) is 13.8 Å². The molecule has 1 unspecified atom stereocenters. The molecule has 0 fully saturated rings. The van der Waals surface area contributed by atoms with E-state index in [4.69, 9.17) is 16.7 Å². The van der Waals surface area contributed by atoms with Crippen molar-refractivity contribution in [3.63, 3.8) is 0 Å². The lowest BCUT2D eigenvalue weighted by Gasteiger charge is -2.18. The fourth-order valence-corrected chi connectivity index (χ4v) is 1.78. The minimum Gasteiger partial charge on any atom is -0.480 e. The van der Waals surface area contributed by atoms with E-state index in [0.29, 0.717) is 18.7 Å². The standard InChI is InChI=1S/C12H14ClF3N2O2/c1-6(2)3-9(11(19)20)18-10-8(13)4-7(5-17-10)12(14,15)16/h4-6,9H,3H2,1-2H3,(H,17,18)(H,19,20). The van der Waals surface area contributed by atoms with Gasteiger partial charge in [-0.05, 0) is 18.4 Å². The molecule has 1 aromatic rings. The molecule has 2 N–H and O–H groups in total. The summed E-state index contributed by atoms with van der Waals surface area (Å²) < 4.78 is 37.3. The molecule has 1 heterocycles. The van der Waals surface area contributed by atoms with Gasteiger partial charge in [-0.1, -0.05) is 25.4 Å². The van der Waals surface area contributed by atoms with Gasteiger partial charge in [-0.3, -0.25) is 0 Å². The van der Waals surface area contributed by atoms with Crippen molar-refractivity contribution in [3.8, 4) is 0 Å². The van der Waals surface area contributed by atoms with Crippen LogP contribution in [0.3, 0.4) is 0 Å². The lowest BCUT2D eigenvalue weighted by molar-refractivity contribution is -0.139. The molecular formula is C12H14ClF3N2O2. The monoisotopic (exact) mass is 310 g/mol. The Bertz CT molecular complexity index is 492. The number of anilines is 1. The summed E-state index contributed by atoms with van der Waals surface area (Å²) in [7, 11) is 0. The van der Waals surface area contributed by atoms with Crippen LogP contribution in [0, 0.1) is 5.92 Å². The first-order valence-electron chi connectivity index (χ1n) is 5.83. The molecular weight excluding hydrogens is 297 g/mol. The van der Waals surface area contributed by atoms with Crippen LogP contribution >= 0.6 is 11.6 Å². The normalized spacial score (nSPS) is 13.3. The molecule has 0 aliphatic carbocycles. The van der Waals surface area contributed by atoms with E-state index in [0.717, 1.165) is 0 Å². The van der Waals surface area contributed by atoms with Crippen molar-refractivity contribution in [1.82, 2.24) is 4.98 Å². The lowest BCUT2D eigenvalue weighted by atomic mass is 10.0. The average molecular weight is 311 g/mol. The number of alkyl halides is 3. The Hall–Kier alpha value is -1.50. The number of halogens is 4. The van der Waals surface area contributed by atoms with Gasteiger partial charge < -0.3 is 10.4 Å². The van der Waals surface area contributed by atoms with Crippen molar-refractivity contribution in [2.75, 3.05) is 5.32 Å². The van der Waals surface area contributed by atoms with Gasteiger partial charge in [0.25, 0.3) is 0 Å². The minimum atomic E-state index is -4.54. The summed E-state index contributed by atoms with van der Waals surface area (Å²) in [5.41, 5.74) is -0.983. The third kappa shape index (κ3) is 4.56. The molecule has 4 nitrogen and oxygen atoms in total. The Morgan fingerprint density at radius 1 is 1.50 bits per heavy atom. The largest absolute Gasteiger partial charge is 0.480 e. The first kappa shape index (κ1) is 16.6. The zero-order valence-electron chi connectivity index (χ0n) is 10.8. The van der Waals surface area contributed by atoms with Crippen LogP contribution in [0.4, 0.5) is 19.0 Å². The summed E-state index contributed by atoms with van der Waals surface area (Å²) in [4.78, 5) is 14.6. The number of rotatable bonds is 5. The predicted molar refractivity (Wildman–Crippen MR) is 68.8 cm³/mol. The maximum atomic E-state index is 12.4. The van der Waals surface area contributed by atoms with E-state index in [-0.39, 0.29) is 16.8 Å². The number of aromatic nitrogens is 1. The van der Waals surface area contributed by atoms with Crippen LogP contribution < -0.4 is 5.32 Å². The van der Waals surface area contributed by atoms with Gasteiger partial charge in [0.05, 0.1) is 10.6 Å². The molecule has 0 bridgehead atoms. The summed E-state index contributed by atoms with van der Waals surface area (Å²) in [6.07, 6.45) is -3.63. The van der Waals surface area contributed by atoms with Gasteiger partial charge >= 0.3 is 12.1 Å². The van der Waals surface area contributed by atoms with Gasteiger partial charge in [0.1, 0.15) is 11.9 Å². The molecule has 20 heavy (non-hydrogen) atoms. The second-order valence-electron chi connectivity index (χ2n) is 4.72. The van der Waals surface area contributed by atoms with E-state index in [1.165, 1.54) is 0 Å². The number of nitrogens with one attached hydrogen (secondary N) is 1. The molecule has 0 aliphatic rings. The Morgan fingerprint density at radius 3 is 2.50 bits per heavy atom. The van der Waals surface area contributed by atoms with Crippen molar-refractivity contribution in [3.05, 3.63) is 22.8 Å². The topological polar surface area (TPSA) is 62.2 Å². The van der Waals surface area contributed by atoms with Crippen molar-refractivity contribution < 1.29 is 23.1 Å². The lowest BCUT2D eigenvalue weighted by Crippen LogP contribution is -2.31. The summed E-state index contributed by atoms with van der Waals surface area (Å²) in [6.45, 7) is 3.67. The fourth-order valence-electron chi connectivity index (χ4n) is 1.56. The third-order valence-electron chi connectivity index (χ3n) is 2.48. The van der Waals surface area contributed by atoms with E-state index < -0.39 is 23.8 Å². The molecule has 0 spiro atoms. The van der Waals surface area contributed by atoms with Crippen molar-refractivity contribution in [1.29, 1.82) is 0 Å². The molecule has 8 heteroatoms. The van der Waals surface area contributed by atoms with Gasteiger partial charge in [0.15, 0.2) is 0 Å². The van der Waals surface area contributed by atoms with Crippen LogP contribution in [0.1, 0.15) is 25.8 Å². The van der Waals surface area contributed by atoms with E-state index in [2.05, 4.69) is 10.3 Å². The average Bonchev–Trinajstić information content (AvgIpc) is 2.28. The molecule has 0 saturated carbocycles. The van der Waals surface area contributed by atoms with Crippen molar-refractivity contribution in [2.24, 2.45) is 5.92 Å². The van der Waals surface area contributed by atoms with Crippen LogP contribution in [0.25, 0.3) is 0 Å². The number of hydrogen-bond acceptors (Lipinski definition) is 3. The van der Waals surface area contributed by atoms with Crippen LogP contribution in [0.15, 0.2) is 12.3 Å². The van der Waals surface area contributed by atoms with E-state index in [1.54, 1.807) is 0 Å². The van der Waals surface area contributed by atoms with Crippen molar-refractivity contribution >= 4 is 23.4 Å². The second kappa shape index (κ2) is 6.30. The highest BCUT2D eigenvalue weighted by molar-refractivity contribution is 6.33. The number of carbonyl (C=O) groups is 1. The first-order chi connectivity index (χ1) is 9.11. The number of nitrogens with zero attached hydrogens (tertiary/aromatic N) is 1. The zero-order chi connectivity index (χ0) is 15.5. The molecule has 0 saturated heterocycles. The van der Waals surface area contributed by atoms with E-state index in [9.17, 15) is 18.0 Å². The molecule has 0 aliphatic heterocycles. The Labute approximate surface area is 119 Å². The summed E-state index contributed by atoms with van der Waals surface area (Å²) in [6, 6.07) is -0.248.